The van der Waals surface area contributed by atoms with Crippen LogP contribution in [0.2, 0.25) is 0 Å². The van der Waals surface area contributed by atoms with Crippen LogP contribution in [-0.2, 0) is 0 Å². The van der Waals surface area contributed by atoms with Crippen molar-refractivity contribution in [2.75, 3.05) is 5.32 Å². The second-order valence-electron chi connectivity index (χ2n) is 5.53. The van der Waals surface area contributed by atoms with E-state index in [9.17, 15) is 9.59 Å². The van der Waals surface area contributed by atoms with Gasteiger partial charge in [0.2, 0.25) is 0 Å². The first-order chi connectivity index (χ1) is 11.3. The van der Waals surface area contributed by atoms with E-state index in [1.807, 2.05) is 32.0 Å². The molecule has 0 spiro atoms. The summed E-state index contributed by atoms with van der Waals surface area (Å²) in [5.74, 6) is -0.492. The number of hydrogen-bond acceptors (Lipinski definition) is 3. The smallest absolute Gasteiger partial charge is 0.349 e. The Morgan fingerprint density at radius 1 is 1.08 bits per heavy atom. The lowest BCUT2D eigenvalue weighted by atomic mass is 10.1. The Balaban J connectivity index is 2.03. The van der Waals surface area contributed by atoms with Gasteiger partial charge in [-0.05, 0) is 59.6 Å². The number of aryl methyl sites for hydroxylation is 2. The van der Waals surface area contributed by atoms with Crippen LogP contribution in [0.15, 0.2) is 54.6 Å². The predicted molar refractivity (Wildman–Crippen MR) is 102 cm³/mol. The first kappa shape index (κ1) is 16.9. The predicted octanol–water partition coefficient (Wildman–Crippen LogP) is 5.19. The molecule has 0 fully saturated rings. The van der Waals surface area contributed by atoms with E-state index in [1.165, 1.54) is 6.07 Å². The number of hydrogen-bond donors (Lipinski definition) is 1. The average Bonchev–Trinajstić information content (AvgIpc) is 2.50. The van der Waals surface area contributed by atoms with E-state index in [4.69, 9.17) is 4.42 Å². The number of nitrogens with one attached hydrogen (secondary N) is 1. The lowest BCUT2D eigenvalue weighted by Gasteiger charge is -2.09. The maximum atomic E-state index is 12.5. The third-order valence-corrected chi connectivity index (χ3v) is 4.67. The molecule has 1 N–H and O–H groups in total. The van der Waals surface area contributed by atoms with E-state index in [-0.39, 0.29) is 5.56 Å². The molecule has 3 aromatic rings. The molecule has 0 bridgehead atoms. The van der Waals surface area contributed by atoms with Gasteiger partial charge < -0.3 is 9.73 Å². The van der Waals surface area contributed by atoms with E-state index in [1.54, 1.807) is 12.1 Å². The summed E-state index contributed by atoms with van der Waals surface area (Å²) in [6.45, 7) is 3.88. The molecule has 6 heteroatoms. The molecule has 0 aliphatic carbocycles. The number of amides is 1. The van der Waals surface area contributed by atoms with E-state index in [2.05, 4.69) is 37.2 Å². The van der Waals surface area contributed by atoms with Gasteiger partial charge in [-0.25, -0.2) is 4.79 Å². The second-order valence-corrected chi connectivity index (χ2v) is 7.30. The monoisotopic (exact) mass is 449 g/mol. The summed E-state index contributed by atoms with van der Waals surface area (Å²) in [6, 6.07) is 10.8. The fourth-order valence-electron chi connectivity index (χ4n) is 2.46. The molecule has 4 nitrogen and oxygen atoms in total. The summed E-state index contributed by atoms with van der Waals surface area (Å²) in [5, 5.41) is 3.42. The van der Waals surface area contributed by atoms with Crippen molar-refractivity contribution in [3.63, 3.8) is 0 Å². The topological polar surface area (TPSA) is 59.3 Å². The number of anilines is 1. The summed E-state index contributed by atoms with van der Waals surface area (Å²) < 4.78 is 6.76. The highest BCUT2D eigenvalue weighted by Gasteiger charge is 2.16. The Hall–Kier alpha value is -1.92. The highest BCUT2D eigenvalue weighted by atomic mass is 79.9. The second kappa shape index (κ2) is 6.53. The SMILES string of the molecule is Cc1ccc(NC(=O)c2cc3cc(Br)cc(Br)c3oc2=O)c(C)c1. The van der Waals surface area contributed by atoms with Gasteiger partial charge in [0.15, 0.2) is 5.58 Å². The van der Waals surface area contributed by atoms with Crippen LogP contribution >= 0.6 is 31.9 Å². The minimum atomic E-state index is -0.673. The first-order valence-electron chi connectivity index (χ1n) is 7.16. The average molecular weight is 451 g/mol. The Kier molecular flexibility index (Phi) is 4.60. The van der Waals surface area contributed by atoms with Gasteiger partial charge in [-0.15, -0.1) is 0 Å². The van der Waals surface area contributed by atoms with Crippen molar-refractivity contribution < 1.29 is 9.21 Å². The summed E-state index contributed by atoms with van der Waals surface area (Å²) in [4.78, 5) is 24.7. The molecule has 122 valence electrons. The number of rotatable bonds is 2. The molecule has 24 heavy (non-hydrogen) atoms. The summed E-state index contributed by atoms with van der Waals surface area (Å²) >= 11 is 6.73. The molecule has 1 amide bonds. The molecule has 0 unspecified atom stereocenters. The van der Waals surface area contributed by atoms with E-state index >= 15 is 0 Å². The lowest BCUT2D eigenvalue weighted by molar-refractivity contribution is 0.102. The molecular formula is C18H13Br2NO3. The van der Waals surface area contributed by atoms with Gasteiger partial charge in [0, 0.05) is 15.5 Å². The van der Waals surface area contributed by atoms with Crippen molar-refractivity contribution in [2.45, 2.75) is 13.8 Å². The summed E-state index contributed by atoms with van der Waals surface area (Å²) in [5.41, 5.74) is 2.40. The number of benzene rings is 2. The Bertz CT molecular complexity index is 1020. The molecule has 0 aliphatic heterocycles. The van der Waals surface area contributed by atoms with Gasteiger partial charge >= 0.3 is 5.63 Å². The maximum Gasteiger partial charge on any atom is 0.349 e. The first-order valence-corrected chi connectivity index (χ1v) is 8.75. The van der Waals surface area contributed by atoms with Crippen LogP contribution in [0.5, 0.6) is 0 Å². The van der Waals surface area contributed by atoms with Gasteiger partial charge in [-0.1, -0.05) is 33.6 Å². The number of halogens is 2. The Morgan fingerprint density at radius 3 is 2.54 bits per heavy atom. The van der Waals surface area contributed by atoms with E-state index in [0.29, 0.717) is 21.1 Å². The minimum absolute atomic E-state index is 0.0347. The zero-order chi connectivity index (χ0) is 17.4. The minimum Gasteiger partial charge on any atom is -0.421 e. The van der Waals surface area contributed by atoms with Crippen molar-refractivity contribution in [3.8, 4) is 0 Å². The highest BCUT2D eigenvalue weighted by Crippen LogP contribution is 2.28. The number of carbonyl (C=O) groups excluding carboxylic acids is 1. The number of fused-ring (bicyclic) bond motifs is 1. The Morgan fingerprint density at radius 2 is 1.83 bits per heavy atom. The third kappa shape index (κ3) is 3.30. The molecular weight excluding hydrogens is 438 g/mol. The van der Waals surface area contributed by atoms with Gasteiger partial charge in [0.05, 0.1) is 4.47 Å². The van der Waals surface area contributed by atoms with Crippen LogP contribution in [0, 0.1) is 13.8 Å². The molecule has 0 aliphatic rings. The molecule has 1 aromatic heterocycles. The van der Waals surface area contributed by atoms with Crippen LogP contribution < -0.4 is 10.9 Å². The lowest BCUT2D eigenvalue weighted by Crippen LogP contribution is -2.21. The molecule has 2 aromatic carbocycles. The maximum absolute atomic E-state index is 12.5. The molecule has 3 rings (SSSR count). The van der Waals surface area contributed by atoms with E-state index < -0.39 is 11.5 Å². The van der Waals surface area contributed by atoms with Crippen molar-refractivity contribution in [1.82, 2.24) is 0 Å². The van der Waals surface area contributed by atoms with Crippen molar-refractivity contribution in [3.05, 3.63) is 72.5 Å². The van der Waals surface area contributed by atoms with Crippen LogP contribution in [0.4, 0.5) is 5.69 Å². The fraction of sp³-hybridized carbons (Fsp3) is 0.111. The quantitative estimate of drug-likeness (QED) is 0.546. The summed E-state index contributed by atoms with van der Waals surface area (Å²) in [6.07, 6.45) is 0. The standard InChI is InChI=1S/C18H13Br2NO3/c1-9-3-4-15(10(2)5-9)21-17(22)13-7-11-6-12(19)8-14(20)16(11)24-18(13)23/h3-8H,1-2H3,(H,21,22). The normalized spacial score (nSPS) is 10.8. The van der Waals surface area contributed by atoms with Crippen LogP contribution in [-0.4, -0.2) is 5.91 Å². The van der Waals surface area contributed by atoms with Gasteiger partial charge in [0.25, 0.3) is 5.91 Å². The third-order valence-electron chi connectivity index (χ3n) is 3.63. The zero-order valence-corrected chi connectivity index (χ0v) is 16.1. The number of carbonyl (C=O) groups is 1. The summed E-state index contributed by atoms with van der Waals surface area (Å²) in [7, 11) is 0. The molecule has 0 saturated heterocycles. The van der Waals surface area contributed by atoms with Gasteiger partial charge in [-0.3, -0.25) is 4.79 Å². The van der Waals surface area contributed by atoms with Crippen LogP contribution in [0.25, 0.3) is 11.0 Å². The molecule has 1 heterocycles. The molecule has 0 atom stereocenters. The van der Waals surface area contributed by atoms with Crippen molar-refractivity contribution >= 4 is 54.4 Å². The zero-order valence-electron chi connectivity index (χ0n) is 12.9. The molecule has 0 saturated carbocycles. The largest absolute Gasteiger partial charge is 0.421 e. The fourth-order valence-corrected chi connectivity index (χ4v) is 3.80. The van der Waals surface area contributed by atoms with Gasteiger partial charge in [0.1, 0.15) is 5.56 Å². The van der Waals surface area contributed by atoms with Crippen LogP contribution in [0.1, 0.15) is 21.5 Å². The van der Waals surface area contributed by atoms with Gasteiger partial charge in [-0.2, -0.15) is 0 Å². The van der Waals surface area contributed by atoms with Crippen molar-refractivity contribution in [2.24, 2.45) is 0 Å². The van der Waals surface area contributed by atoms with Crippen molar-refractivity contribution in [1.29, 1.82) is 0 Å². The highest BCUT2D eigenvalue weighted by molar-refractivity contribution is 9.11. The Labute approximate surface area is 155 Å². The molecule has 0 radical (unpaired) electrons. The van der Waals surface area contributed by atoms with E-state index in [0.717, 1.165) is 15.6 Å². The van der Waals surface area contributed by atoms with Crippen LogP contribution in [0.3, 0.4) is 0 Å².